The summed E-state index contributed by atoms with van der Waals surface area (Å²) < 4.78 is 36.7. The van der Waals surface area contributed by atoms with Crippen molar-refractivity contribution in [2.75, 3.05) is 5.32 Å². The second kappa shape index (κ2) is 7.45. The summed E-state index contributed by atoms with van der Waals surface area (Å²) in [7, 11) is 0. The Morgan fingerprint density at radius 2 is 1.76 bits per heavy atom. The molecule has 126 valence electrons. The fourth-order valence-electron chi connectivity index (χ4n) is 1.90. The Hall–Kier alpha value is -3.40. The number of benzene rings is 2. The van der Waals surface area contributed by atoms with Crippen molar-refractivity contribution in [1.29, 1.82) is 5.26 Å². The van der Waals surface area contributed by atoms with E-state index < -0.39 is 12.1 Å². The molecule has 1 N–H and O–H groups in total. The molecule has 0 unspecified atom stereocenters. The first-order chi connectivity index (χ1) is 11.8. The molecular weight excluding hydrogens is 333 g/mol. The van der Waals surface area contributed by atoms with Gasteiger partial charge >= 0.3 is 12.1 Å². The average molecular weight is 344 g/mol. The summed E-state index contributed by atoms with van der Waals surface area (Å²) in [4.78, 5) is 22.9. The van der Waals surface area contributed by atoms with E-state index in [-0.39, 0.29) is 11.5 Å². The van der Waals surface area contributed by atoms with Crippen molar-refractivity contribution in [3.63, 3.8) is 0 Å². The maximum absolute atomic E-state index is 12.2. The highest BCUT2D eigenvalue weighted by atomic mass is 19.4. The highest BCUT2D eigenvalue weighted by molar-refractivity contribution is 6.07. The standard InChI is InChI=1S/C18H11F3N2O2/c19-18(20,21)17(25)23-15-3-1-2-12(10-15)6-9-16(24)14-7-4-13(11-22)5-8-14/h1-10H,(H,23,25)/b9-6+. The third-order valence-corrected chi connectivity index (χ3v) is 3.13. The number of carbonyl (C=O) groups excluding carboxylic acids is 2. The summed E-state index contributed by atoms with van der Waals surface area (Å²) in [5.41, 5.74) is 1.21. The van der Waals surface area contributed by atoms with Crippen LogP contribution in [0.1, 0.15) is 21.5 Å². The summed E-state index contributed by atoms with van der Waals surface area (Å²) in [6.07, 6.45) is -2.30. The Morgan fingerprint density at radius 1 is 1.08 bits per heavy atom. The van der Waals surface area contributed by atoms with E-state index in [4.69, 9.17) is 5.26 Å². The summed E-state index contributed by atoms with van der Waals surface area (Å²) in [5.74, 6) is -2.39. The van der Waals surface area contributed by atoms with Crippen LogP contribution in [0.4, 0.5) is 18.9 Å². The average Bonchev–Trinajstić information content (AvgIpc) is 2.59. The van der Waals surface area contributed by atoms with Crippen molar-refractivity contribution in [2.45, 2.75) is 6.18 Å². The van der Waals surface area contributed by atoms with Crippen LogP contribution in [0.15, 0.2) is 54.6 Å². The van der Waals surface area contributed by atoms with Gasteiger partial charge in [-0.2, -0.15) is 18.4 Å². The molecule has 0 saturated carbocycles. The van der Waals surface area contributed by atoms with Gasteiger partial charge in [0.15, 0.2) is 5.78 Å². The molecule has 0 atom stereocenters. The third kappa shape index (κ3) is 5.04. The van der Waals surface area contributed by atoms with Crippen molar-refractivity contribution < 1.29 is 22.8 Å². The third-order valence-electron chi connectivity index (χ3n) is 3.13. The van der Waals surface area contributed by atoms with E-state index in [0.29, 0.717) is 16.7 Å². The zero-order valence-corrected chi connectivity index (χ0v) is 12.7. The number of rotatable bonds is 4. The van der Waals surface area contributed by atoms with Crippen LogP contribution in [-0.2, 0) is 4.79 Å². The van der Waals surface area contributed by atoms with Gasteiger partial charge in [-0.05, 0) is 48.0 Å². The van der Waals surface area contributed by atoms with Crippen LogP contribution in [0.25, 0.3) is 6.08 Å². The molecule has 2 aromatic carbocycles. The molecular formula is C18H11F3N2O2. The van der Waals surface area contributed by atoms with E-state index in [1.807, 2.05) is 6.07 Å². The minimum Gasteiger partial charge on any atom is -0.318 e. The second-order valence-corrected chi connectivity index (χ2v) is 4.96. The maximum atomic E-state index is 12.2. The number of anilines is 1. The number of hydrogen-bond acceptors (Lipinski definition) is 3. The molecule has 7 heteroatoms. The van der Waals surface area contributed by atoms with E-state index in [1.54, 1.807) is 11.4 Å². The normalized spacial score (nSPS) is 11.1. The van der Waals surface area contributed by atoms with Crippen LogP contribution in [-0.4, -0.2) is 17.9 Å². The molecule has 0 aliphatic carbocycles. The highest BCUT2D eigenvalue weighted by Gasteiger charge is 2.38. The van der Waals surface area contributed by atoms with E-state index in [0.717, 1.165) is 0 Å². The zero-order chi connectivity index (χ0) is 18.4. The van der Waals surface area contributed by atoms with E-state index in [1.165, 1.54) is 54.6 Å². The van der Waals surface area contributed by atoms with Gasteiger partial charge in [-0.3, -0.25) is 9.59 Å². The Kier molecular flexibility index (Phi) is 5.35. The van der Waals surface area contributed by atoms with E-state index in [9.17, 15) is 22.8 Å². The van der Waals surface area contributed by atoms with Gasteiger partial charge < -0.3 is 5.32 Å². The van der Waals surface area contributed by atoms with Crippen molar-refractivity contribution in [2.24, 2.45) is 0 Å². The SMILES string of the molecule is N#Cc1ccc(C(=O)/C=C/c2cccc(NC(=O)C(F)(F)F)c2)cc1. The molecule has 0 radical (unpaired) electrons. The van der Waals surface area contributed by atoms with Crippen LogP contribution in [0.3, 0.4) is 0 Å². The molecule has 0 saturated heterocycles. The number of nitrogens with one attached hydrogen (secondary N) is 1. The van der Waals surface area contributed by atoms with Crippen molar-refractivity contribution >= 4 is 23.5 Å². The van der Waals surface area contributed by atoms with Gasteiger partial charge in [0, 0.05) is 11.3 Å². The monoisotopic (exact) mass is 344 g/mol. The number of nitrogens with zero attached hydrogens (tertiary/aromatic N) is 1. The minimum absolute atomic E-state index is 0.0321. The largest absolute Gasteiger partial charge is 0.471 e. The number of hydrogen-bond donors (Lipinski definition) is 1. The lowest BCUT2D eigenvalue weighted by molar-refractivity contribution is -0.167. The van der Waals surface area contributed by atoms with E-state index in [2.05, 4.69) is 0 Å². The number of nitriles is 1. The van der Waals surface area contributed by atoms with Gasteiger partial charge in [0.1, 0.15) is 0 Å². The zero-order valence-electron chi connectivity index (χ0n) is 12.7. The predicted octanol–water partition coefficient (Wildman–Crippen LogP) is 3.96. The lowest BCUT2D eigenvalue weighted by Gasteiger charge is -2.08. The van der Waals surface area contributed by atoms with Crippen molar-refractivity contribution in [3.8, 4) is 6.07 Å². The van der Waals surface area contributed by atoms with Gasteiger partial charge in [-0.25, -0.2) is 0 Å². The Bertz CT molecular complexity index is 863. The summed E-state index contributed by atoms with van der Waals surface area (Å²) in [6, 6.07) is 13.6. The smallest absolute Gasteiger partial charge is 0.318 e. The first-order valence-corrected chi connectivity index (χ1v) is 7.00. The van der Waals surface area contributed by atoms with Crippen LogP contribution in [0, 0.1) is 11.3 Å². The lowest BCUT2D eigenvalue weighted by Crippen LogP contribution is -2.29. The number of ketones is 1. The summed E-state index contributed by atoms with van der Waals surface area (Å²) in [5, 5.41) is 10.4. The van der Waals surface area contributed by atoms with Gasteiger partial charge in [-0.15, -0.1) is 0 Å². The molecule has 4 nitrogen and oxygen atoms in total. The summed E-state index contributed by atoms with van der Waals surface area (Å²) in [6.45, 7) is 0. The molecule has 25 heavy (non-hydrogen) atoms. The molecule has 1 amide bonds. The number of alkyl halides is 3. The molecule has 0 heterocycles. The lowest BCUT2D eigenvalue weighted by atomic mass is 10.1. The van der Waals surface area contributed by atoms with Gasteiger partial charge in [0.25, 0.3) is 0 Å². The number of carbonyl (C=O) groups is 2. The molecule has 0 spiro atoms. The van der Waals surface area contributed by atoms with Gasteiger partial charge in [0.05, 0.1) is 11.6 Å². The molecule has 0 aromatic heterocycles. The van der Waals surface area contributed by atoms with Crippen molar-refractivity contribution in [3.05, 3.63) is 71.3 Å². The van der Waals surface area contributed by atoms with E-state index >= 15 is 0 Å². The van der Waals surface area contributed by atoms with Gasteiger partial charge in [-0.1, -0.05) is 18.2 Å². The minimum atomic E-state index is -4.97. The number of halogens is 3. The first kappa shape index (κ1) is 17.9. The maximum Gasteiger partial charge on any atom is 0.471 e. The fourth-order valence-corrected chi connectivity index (χ4v) is 1.90. The highest BCUT2D eigenvalue weighted by Crippen LogP contribution is 2.19. The van der Waals surface area contributed by atoms with Crippen LogP contribution < -0.4 is 5.32 Å². The molecule has 0 bridgehead atoms. The quantitative estimate of drug-likeness (QED) is 0.674. The molecule has 2 rings (SSSR count). The van der Waals surface area contributed by atoms with Gasteiger partial charge in [0.2, 0.25) is 0 Å². The van der Waals surface area contributed by atoms with Crippen LogP contribution >= 0.6 is 0 Å². The molecule has 2 aromatic rings. The van der Waals surface area contributed by atoms with Crippen molar-refractivity contribution in [1.82, 2.24) is 0 Å². The van der Waals surface area contributed by atoms with Crippen LogP contribution in [0.5, 0.6) is 0 Å². The Balaban J connectivity index is 2.10. The summed E-state index contributed by atoms with van der Waals surface area (Å²) >= 11 is 0. The second-order valence-electron chi connectivity index (χ2n) is 4.96. The number of amides is 1. The predicted molar refractivity (Wildman–Crippen MR) is 85.6 cm³/mol. The molecule has 0 fully saturated rings. The Morgan fingerprint density at radius 3 is 2.36 bits per heavy atom. The molecule has 0 aliphatic heterocycles. The number of allylic oxidation sites excluding steroid dienone is 1. The fraction of sp³-hybridized carbons (Fsp3) is 0.0556. The molecule has 0 aliphatic rings. The topological polar surface area (TPSA) is 70.0 Å². The van der Waals surface area contributed by atoms with Crippen LogP contribution in [0.2, 0.25) is 0 Å². The Labute approximate surface area is 141 Å². The first-order valence-electron chi connectivity index (χ1n) is 7.00.